The van der Waals surface area contributed by atoms with Gasteiger partial charge in [0.1, 0.15) is 0 Å². The Morgan fingerprint density at radius 3 is 2.02 bits per heavy atom. The van der Waals surface area contributed by atoms with Crippen molar-refractivity contribution in [3.8, 4) is 0 Å². The molecule has 2 fully saturated rings. The number of fused-ring (bicyclic) bond motifs is 1. The Kier molecular flexibility index (Phi) is 17.9. The fraction of sp³-hybridized carbons (Fsp3) is 0.532. The number of aryl methyl sites for hydroxylation is 3. The highest BCUT2D eigenvalue weighted by Gasteiger charge is 2.42. The Hall–Kier alpha value is -2.90. The second-order valence-corrected chi connectivity index (χ2v) is 17.9. The summed E-state index contributed by atoms with van der Waals surface area (Å²) in [5.74, 6) is -0.141. The van der Waals surface area contributed by atoms with Gasteiger partial charge in [-0.1, -0.05) is 149 Å². The Morgan fingerprint density at radius 1 is 0.815 bits per heavy atom. The lowest BCUT2D eigenvalue weighted by Gasteiger charge is -2.25. The third-order valence-electron chi connectivity index (χ3n) is 11.1. The molecule has 2 aliphatic rings. The van der Waals surface area contributed by atoms with E-state index < -0.39 is 11.6 Å². The summed E-state index contributed by atoms with van der Waals surface area (Å²) in [6, 6.07) is 26.9. The summed E-state index contributed by atoms with van der Waals surface area (Å²) in [7, 11) is 0. The molecule has 0 radical (unpaired) electrons. The number of hydrogen-bond acceptors (Lipinski definition) is 5. The Balaban J connectivity index is 0.000000427. The molecule has 0 spiro atoms. The molecule has 1 atom stereocenters. The maximum atomic E-state index is 11.4. The summed E-state index contributed by atoms with van der Waals surface area (Å²) in [4.78, 5) is 16.2. The predicted octanol–water partition coefficient (Wildman–Crippen LogP) is 12.3. The first-order chi connectivity index (χ1) is 25.6. The summed E-state index contributed by atoms with van der Waals surface area (Å²) in [5, 5.41) is 24.1. The van der Waals surface area contributed by atoms with Crippen molar-refractivity contribution in [2.24, 2.45) is 5.41 Å². The lowest BCUT2D eigenvalue weighted by molar-refractivity contribution is -0.307. The molecule has 0 unspecified atom stereocenters. The number of rotatable bonds is 13. The van der Waals surface area contributed by atoms with Crippen LogP contribution in [0.5, 0.6) is 0 Å². The van der Waals surface area contributed by atoms with Crippen LogP contribution in [0.4, 0.5) is 0 Å². The quantitative estimate of drug-likeness (QED) is 0.141. The minimum atomic E-state index is -0.953. The summed E-state index contributed by atoms with van der Waals surface area (Å²) in [6.07, 6.45) is 23.5. The smallest absolute Gasteiger partial charge is 0.0843 e. The number of aromatic nitrogens is 1. The van der Waals surface area contributed by atoms with Crippen LogP contribution in [-0.4, -0.2) is 21.8 Å². The molecule has 5 N–H and O–H groups in total. The van der Waals surface area contributed by atoms with Gasteiger partial charge < -0.3 is 21.2 Å². The van der Waals surface area contributed by atoms with Crippen molar-refractivity contribution in [3.05, 3.63) is 112 Å². The average molecular weight is 774 g/mol. The molecule has 5 nitrogen and oxygen atoms in total. The van der Waals surface area contributed by atoms with Crippen LogP contribution in [0.3, 0.4) is 0 Å². The van der Waals surface area contributed by atoms with Crippen LogP contribution in [0.2, 0.25) is 5.02 Å². The first-order valence-corrected chi connectivity index (χ1v) is 21.8. The van der Waals surface area contributed by atoms with Crippen molar-refractivity contribution in [1.82, 2.24) is 11.1 Å². The molecule has 0 bridgehead atoms. The van der Waals surface area contributed by atoms with Gasteiger partial charge in [0.15, 0.2) is 0 Å². The van der Waals surface area contributed by atoms with Gasteiger partial charge in [-0.3, -0.25) is 4.98 Å². The van der Waals surface area contributed by atoms with E-state index in [1.54, 1.807) is 0 Å². The van der Waals surface area contributed by atoms with Crippen LogP contribution in [0.15, 0.2) is 78.9 Å². The second-order valence-electron chi connectivity index (χ2n) is 16.2. The topological polar surface area (TPSA) is 110 Å². The van der Waals surface area contributed by atoms with Crippen molar-refractivity contribution in [1.29, 1.82) is 0 Å². The SMILES string of the molecule is C1CCCCCCCCCCC1.CC(C)(O)c1ccccc1CC[C@@H](SCC1(CC(=O)[O-])CC1)c1cccc(CCc2ccc3ccc(Cl)cc3n2)c1.[NH4+]. The zero-order valence-electron chi connectivity index (χ0n) is 33.2. The molecular formula is C47H65ClN2O3S. The minimum absolute atomic E-state index is 0. The summed E-state index contributed by atoms with van der Waals surface area (Å²) in [5.41, 5.74) is 5.54. The van der Waals surface area contributed by atoms with Gasteiger partial charge in [-0.25, -0.2) is 0 Å². The largest absolute Gasteiger partial charge is 0.550 e. The molecule has 54 heavy (non-hydrogen) atoms. The molecule has 6 rings (SSSR count). The predicted molar refractivity (Wildman–Crippen MR) is 228 cm³/mol. The van der Waals surface area contributed by atoms with Crippen LogP contribution < -0.4 is 11.3 Å². The highest BCUT2D eigenvalue weighted by atomic mass is 35.5. The summed E-state index contributed by atoms with van der Waals surface area (Å²) in [6.45, 7) is 3.66. The van der Waals surface area contributed by atoms with Crippen molar-refractivity contribution in [2.75, 3.05) is 5.75 Å². The number of hydrogen-bond donors (Lipinski definition) is 2. The van der Waals surface area contributed by atoms with Gasteiger partial charge in [0.25, 0.3) is 0 Å². The molecule has 1 heterocycles. The van der Waals surface area contributed by atoms with Gasteiger partial charge in [-0.2, -0.15) is 11.8 Å². The minimum Gasteiger partial charge on any atom is -0.550 e. The molecule has 0 amide bonds. The molecule has 294 valence electrons. The zero-order valence-corrected chi connectivity index (χ0v) is 34.8. The highest BCUT2D eigenvalue weighted by Crippen LogP contribution is 2.53. The van der Waals surface area contributed by atoms with E-state index in [1.807, 2.05) is 62.0 Å². The van der Waals surface area contributed by atoms with Crippen molar-refractivity contribution < 1.29 is 15.0 Å². The van der Waals surface area contributed by atoms with Gasteiger partial charge in [-0.05, 0) is 110 Å². The number of aliphatic hydroxyl groups is 1. The standard InChI is InChI=1S/C35H38ClNO3S.C12H24.H3N/c1-34(2,40)30-9-4-3-7-25(30)13-17-32(41-23-35(18-19-35)22-33(38)39)27-8-5-6-24(20-27)10-15-29-16-12-26-11-14-28(36)21-31(26)37-29;1-2-4-6-8-10-12-11-9-7-5-3-1;/h3-9,11-12,14,16,20-21,32,40H,10,13,15,17-19,22-23H2,1-2H3,(H,38,39);1-12H2;1H3/t32-;;/m1../s1. The normalized spacial score (nSPS) is 16.8. The number of pyridine rings is 1. The molecule has 2 saturated carbocycles. The average Bonchev–Trinajstić information content (AvgIpc) is 3.89. The van der Waals surface area contributed by atoms with Crippen molar-refractivity contribution in [3.63, 3.8) is 0 Å². The van der Waals surface area contributed by atoms with E-state index in [1.165, 1.54) is 88.2 Å². The molecular weight excluding hydrogens is 708 g/mol. The number of aliphatic carboxylic acids is 1. The van der Waals surface area contributed by atoms with E-state index in [2.05, 4.69) is 42.5 Å². The number of carbonyl (C=O) groups is 1. The Bertz CT molecular complexity index is 1690. The van der Waals surface area contributed by atoms with Gasteiger partial charge in [0.05, 0.1) is 11.1 Å². The van der Waals surface area contributed by atoms with Crippen LogP contribution in [0, 0.1) is 5.41 Å². The molecule has 3 aromatic carbocycles. The Morgan fingerprint density at radius 2 is 1.43 bits per heavy atom. The molecule has 2 aliphatic carbocycles. The third-order valence-corrected chi connectivity index (χ3v) is 13.0. The summed E-state index contributed by atoms with van der Waals surface area (Å²) >= 11 is 8.05. The first-order valence-electron chi connectivity index (χ1n) is 20.4. The van der Waals surface area contributed by atoms with Crippen molar-refractivity contribution >= 4 is 40.2 Å². The van der Waals surface area contributed by atoms with Gasteiger partial charge >= 0.3 is 0 Å². The second kappa shape index (κ2) is 22.0. The highest BCUT2D eigenvalue weighted by molar-refractivity contribution is 7.99. The Labute approximate surface area is 334 Å². The monoisotopic (exact) mass is 772 g/mol. The van der Waals surface area contributed by atoms with E-state index in [0.29, 0.717) is 5.02 Å². The molecule has 7 heteroatoms. The van der Waals surface area contributed by atoms with E-state index in [-0.39, 0.29) is 23.2 Å². The summed E-state index contributed by atoms with van der Waals surface area (Å²) < 4.78 is 0. The third kappa shape index (κ3) is 14.6. The van der Waals surface area contributed by atoms with E-state index in [9.17, 15) is 15.0 Å². The van der Waals surface area contributed by atoms with Gasteiger partial charge in [0, 0.05) is 27.3 Å². The van der Waals surface area contributed by atoms with E-state index in [0.717, 1.165) is 72.0 Å². The fourth-order valence-electron chi connectivity index (χ4n) is 7.71. The van der Waals surface area contributed by atoms with E-state index in [4.69, 9.17) is 16.6 Å². The molecule has 1 aromatic heterocycles. The van der Waals surface area contributed by atoms with Crippen LogP contribution in [0.25, 0.3) is 10.9 Å². The van der Waals surface area contributed by atoms with Gasteiger partial charge in [0.2, 0.25) is 0 Å². The van der Waals surface area contributed by atoms with Crippen LogP contribution >= 0.6 is 23.4 Å². The zero-order chi connectivity index (χ0) is 37.5. The van der Waals surface area contributed by atoms with Gasteiger partial charge in [-0.15, -0.1) is 0 Å². The maximum Gasteiger partial charge on any atom is 0.0843 e. The lowest BCUT2D eigenvalue weighted by atomic mass is 9.90. The number of nitrogens with zero attached hydrogens (tertiary/aromatic N) is 1. The van der Waals surface area contributed by atoms with Crippen LogP contribution in [-0.2, 0) is 29.7 Å². The molecule has 4 aromatic rings. The number of carboxylic acid groups (broad SMARTS) is 1. The maximum absolute atomic E-state index is 11.4. The number of quaternary nitrogens is 1. The van der Waals surface area contributed by atoms with E-state index >= 15 is 0 Å². The first kappa shape index (κ1) is 43.8. The number of halogens is 1. The molecule has 0 aliphatic heterocycles. The fourth-order valence-corrected chi connectivity index (χ4v) is 9.45. The van der Waals surface area contributed by atoms with Crippen molar-refractivity contribution in [2.45, 2.75) is 147 Å². The molecule has 0 saturated heterocycles. The lowest BCUT2D eigenvalue weighted by Crippen LogP contribution is -2.26. The number of thioether (sulfide) groups is 1. The number of carboxylic acids is 1. The van der Waals surface area contributed by atoms with Crippen LogP contribution in [0.1, 0.15) is 150 Å². The number of carbonyl (C=O) groups excluding carboxylic acids is 1. The number of benzene rings is 3.